The van der Waals surface area contributed by atoms with E-state index in [0.29, 0.717) is 12.5 Å². The molecule has 5 rings (SSSR count). The van der Waals surface area contributed by atoms with Crippen LogP contribution in [0.15, 0.2) is 41.3 Å². The van der Waals surface area contributed by atoms with Gasteiger partial charge >= 0.3 is 0 Å². The highest BCUT2D eigenvalue weighted by molar-refractivity contribution is 9.10. The summed E-state index contributed by atoms with van der Waals surface area (Å²) in [5, 5.41) is 8.04. The van der Waals surface area contributed by atoms with Gasteiger partial charge in [-0.2, -0.15) is 9.61 Å². The van der Waals surface area contributed by atoms with E-state index in [-0.39, 0.29) is 0 Å². The topological polar surface area (TPSA) is 58.4 Å². The standard InChI is InChI=1S/C22H27BrN6/c23-19-15-26-29-21(25-14-16-4-3-9-24-13-16)12-20(27-22(19)29)17-7-10-28(11-8-17)18-5-1-2-6-18/h3-4,9,12-13,15,17-18,25H,1-2,5-8,10-11,14H2. The van der Waals surface area contributed by atoms with Crippen molar-refractivity contribution in [2.45, 2.75) is 57.0 Å². The number of hydrogen-bond donors (Lipinski definition) is 1. The van der Waals surface area contributed by atoms with E-state index >= 15 is 0 Å². The van der Waals surface area contributed by atoms with Crippen LogP contribution in [0.5, 0.6) is 0 Å². The van der Waals surface area contributed by atoms with E-state index in [1.54, 1.807) is 6.20 Å². The number of hydrogen-bond acceptors (Lipinski definition) is 5. The van der Waals surface area contributed by atoms with Gasteiger partial charge in [0, 0.05) is 42.7 Å². The molecule has 4 heterocycles. The van der Waals surface area contributed by atoms with E-state index in [2.05, 4.69) is 48.4 Å². The minimum Gasteiger partial charge on any atom is -0.366 e. The Bertz CT molecular complexity index is 958. The number of rotatable bonds is 5. The molecule has 0 radical (unpaired) electrons. The fourth-order valence-corrected chi connectivity index (χ4v) is 5.16. The van der Waals surface area contributed by atoms with Crippen molar-refractivity contribution in [1.82, 2.24) is 24.5 Å². The molecule has 3 aromatic rings. The summed E-state index contributed by atoms with van der Waals surface area (Å²) in [7, 11) is 0. The number of likely N-dealkylation sites (tertiary alicyclic amines) is 1. The van der Waals surface area contributed by atoms with Crippen LogP contribution in [-0.2, 0) is 6.54 Å². The van der Waals surface area contributed by atoms with Crippen LogP contribution >= 0.6 is 15.9 Å². The minimum atomic E-state index is 0.512. The highest BCUT2D eigenvalue weighted by atomic mass is 79.9. The molecule has 1 aliphatic heterocycles. The van der Waals surface area contributed by atoms with Crippen LogP contribution in [0.2, 0.25) is 0 Å². The van der Waals surface area contributed by atoms with Crippen molar-refractivity contribution in [3.8, 4) is 0 Å². The van der Waals surface area contributed by atoms with Gasteiger partial charge in [0.2, 0.25) is 0 Å². The van der Waals surface area contributed by atoms with Crippen LogP contribution in [0.4, 0.5) is 5.82 Å². The number of nitrogens with one attached hydrogen (secondary N) is 1. The Morgan fingerprint density at radius 1 is 1.10 bits per heavy atom. The lowest BCUT2D eigenvalue weighted by Gasteiger charge is -2.35. The van der Waals surface area contributed by atoms with Crippen LogP contribution < -0.4 is 5.32 Å². The summed E-state index contributed by atoms with van der Waals surface area (Å²) in [6.45, 7) is 3.10. The molecule has 1 saturated heterocycles. The van der Waals surface area contributed by atoms with Crippen molar-refractivity contribution >= 4 is 27.4 Å². The summed E-state index contributed by atoms with van der Waals surface area (Å²) >= 11 is 3.62. The first-order valence-corrected chi connectivity index (χ1v) is 11.5. The Hall–Kier alpha value is -1.99. The first-order chi connectivity index (χ1) is 14.3. The Morgan fingerprint density at radius 2 is 1.93 bits per heavy atom. The summed E-state index contributed by atoms with van der Waals surface area (Å²) in [4.78, 5) is 11.9. The zero-order valence-corrected chi connectivity index (χ0v) is 18.2. The van der Waals surface area contributed by atoms with Gasteiger partial charge in [0.25, 0.3) is 0 Å². The van der Waals surface area contributed by atoms with Crippen LogP contribution in [0.1, 0.15) is 55.7 Å². The predicted octanol–water partition coefficient (Wildman–Crippen LogP) is 4.62. The fourth-order valence-electron chi connectivity index (χ4n) is 4.82. The molecule has 0 aromatic carbocycles. The van der Waals surface area contributed by atoms with Crippen LogP contribution in [0.25, 0.3) is 5.65 Å². The molecule has 0 unspecified atom stereocenters. The Balaban J connectivity index is 1.36. The number of anilines is 1. The molecule has 7 heteroatoms. The van der Waals surface area contributed by atoms with Crippen molar-refractivity contribution in [3.63, 3.8) is 0 Å². The van der Waals surface area contributed by atoms with E-state index < -0.39 is 0 Å². The van der Waals surface area contributed by atoms with Gasteiger partial charge in [0.1, 0.15) is 5.82 Å². The second kappa shape index (κ2) is 8.40. The smallest absolute Gasteiger partial charge is 0.171 e. The maximum Gasteiger partial charge on any atom is 0.171 e. The van der Waals surface area contributed by atoms with Crippen molar-refractivity contribution in [2.75, 3.05) is 18.4 Å². The van der Waals surface area contributed by atoms with E-state index in [4.69, 9.17) is 4.98 Å². The summed E-state index contributed by atoms with van der Waals surface area (Å²) < 4.78 is 2.82. The molecule has 152 valence electrons. The third kappa shape index (κ3) is 4.03. The van der Waals surface area contributed by atoms with Gasteiger partial charge < -0.3 is 10.2 Å². The van der Waals surface area contributed by atoms with Crippen molar-refractivity contribution in [2.24, 2.45) is 0 Å². The van der Waals surface area contributed by atoms with Gasteiger partial charge in [0.05, 0.1) is 10.7 Å². The molecule has 29 heavy (non-hydrogen) atoms. The molecule has 0 bridgehead atoms. The highest BCUT2D eigenvalue weighted by Gasteiger charge is 2.28. The number of piperidine rings is 1. The first-order valence-electron chi connectivity index (χ1n) is 10.7. The van der Waals surface area contributed by atoms with E-state index in [9.17, 15) is 0 Å². The Labute approximate surface area is 179 Å². The molecule has 2 aliphatic rings. The van der Waals surface area contributed by atoms with Crippen molar-refractivity contribution in [3.05, 3.63) is 52.5 Å². The van der Waals surface area contributed by atoms with Crippen LogP contribution in [-0.4, -0.2) is 43.6 Å². The average molecular weight is 455 g/mol. The average Bonchev–Trinajstić information content (AvgIpc) is 3.44. The molecular formula is C22H27BrN6. The summed E-state index contributed by atoms with van der Waals surface area (Å²) in [6.07, 6.45) is 13.5. The minimum absolute atomic E-state index is 0.512. The number of halogens is 1. The molecular weight excluding hydrogens is 428 g/mol. The predicted molar refractivity (Wildman–Crippen MR) is 118 cm³/mol. The maximum atomic E-state index is 4.98. The van der Waals surface area contributed by atoms with Gasteiger partial charge in [-0.1, -0.05) is 18.9 Å². The second-order valence-electron chi connectivity index (χ2n) is 8.26. The number of aromatic nitrogens is 4. The van der Waals surface area contributed by atoms with Crippen LogP contribution in [0, 0.1) is 0 Å². The molecule has 1 aliphatic carbocycles. The van der Waals surface area contributed by atoms with E-state index in [1.807, 2.05) is 23.0 Å². The number of nitrogens with zero attached hydrogens (tertiary/aromatic N) is 5. The van der Waals surface area contributed by atoms with Gasteiger partial charge in [-0.15, -0.1) is 0 Å². The number of pyridine rings is 1. The van der Waals surface area contributed by atoms with Gasteiger partial charge in [-0.3, -0.25) is 4.98 Å². The van der Waals surface area contributed by atoms with Gasteiger partial charge in [-0.25, -0.2) is 4.98 Å². The lowest BCUT2D eigenvalue weighted by Crippen LogP contribution is -2.39. The third-order valence-electron chi connectivity index (χ3n) is 6.43. The number of fused-ring (bicyclic) bond motifs is 1. The molecule has 0 amide bonds. The first kappa shape index (κ1) is 19.0. The molecule has 6 nitrogen and oxygen atoms in total. The normalized spacial score (nSPS) is 19.2. The summed E-state index contributed by atoms with van der Waals surface area (Å²) in [6, 6.07) is 7.07. The van der Waals surface area contributed by atoms with Crippen LogP contribution in [0.3, 0.4) is 0 Å². The monoisotopic (exact) mass is 454 g/mol. The molecule has 2 fully saturated rings. The maximum absolute atomic E-state index is 4.98. The second-order valence-corrected chi connectivity index (χ2v) is 9.11. The third-order valence-corrected chi connectivity index (χ3v) is 6.99. The van der Waals surface area contributed by atoms with Crippen molar-refractivity contribution in [1.29, 1.82) is 0 Å². The quantitative estimate of drug-likeness (QED) is 0.609. The van der Waals surface area contributed by atoms with Gasteiger partial charge in [0.15, 0.2) is 5.65 Å². The lowest BCUT2D eigenvalue weighted by molar-refractivity contribution is 0.153. The van der Waals surface area contributed by atoms with Crippen molar-refractivity contribution < 1.29 is 0 Å². The SMILES string of the molecule is Brc1cnn2c(NCc3cccnc3)cc(C3CCN(C4CCCC4)CC3)nc12. The van der Waals surface area contributed by atoms with E-state index in [1.165, 1.54) is 57.3 Å². The van der Waals surface area contributed by atoms with E-state index in [0.717, 1.165) is 27.5 Å². The zero-order valence-electron chi connectivity index (χ0n) is 16.6. The molecule has 3 aromatic heterocycles. The zero-order chi connectivity index (χ0) is 19.6. The lowest BCUT2D eigenvalue weighted by atomic mass is 9.92. The highest BCUT2D eigenvalue weighted by Crippen LogP contribution is 2.33. The molecule has 0 spiro atoms. The fraction of sp³-hybridized carbons (Fsp3) is 0.500. The largest absolute Gasteiger partial charge is 0.366 e. The molecule has 1 N–H and O–H groups in total. The Morgan fingerprint density at radius 3 is 2.69 bits per heavy atom. The molecule has 1 saturated carbocycles. The van der Waals surface area contributed by atoms with Gasteiger partial charge in [-0.05, 0) is 66.3 Å². The molecule has 0 atom stereocenters. The summed E-state index contributed by atoms with van der Waals surface area (Å²) in [5.74, 6) is 1.50. The summed E-state index contributed by atoms with van der Waals surface area (Å²) in [5.41, 5.74) is 3.21. The Kier molecular flexibility index (Phi) is 5.50.